The Morgan fingerprint density at radius 3 is 2.56 bits per heavy atom. The molecule has 0 aliphatic rings. The van der Waals surface area contributed by atoms with Crippen LogP contribution in [0.5, 0.6) is 0 Å². The number of hydrogen-bond donors (Lipinski definition) is 2. The summed E-state index contributed by atoms with van der Waals surface area (Å²) in [5.41, 5.74) is -0.335. The molecule has 0 fully saturated rings. The van der Waals surface area contributed by atoms with Gasteiger partial charge in [0.15, 0.2) is 0 Å². The molecule has 1 aromatic rings. The van der Waals surface area contributed by atoms with Crippen molar-refractivity contribution < 1.29 is 14.6 Å². The van der Waals surface area contributed by atoms with Gasteiger partial charge in [0.1, 0.15) is 5.54 Å². The smallest absolute Gasteiger partial charge is 0.328 e. The first-order valence-electron chi connectivity index (χ1n) is 5.14. The Morgan fingerprint density at radius 1 is 1.44 bits per heavy atom. The Morgan fingerprint density at radius 2 is 2.06 bits per heavy atom. The zero-order valence-corrected chi connectivity index (χ0v) is 9.56. The minimum atomic E-state index is -1.07. The van der Waals surface area contributed by atoms with E-state index in [1.54, 1.807) is 26.2 Å². The van der Waals surface area contributed by atoms with Gasteiger partial charge in [0.25, 0.3) is 0 Å². The fourth-order valence-corrected chi connectivity index (χ4v) is 1.48. The first-order chi connectivity index (χ1) is 7.61. The van der Waals surface area contributed by atoms with Crippen LogP contribution >= 0.6 is 0 Å². The summed E-state index contributed by atoms with van der Waals surface area (Å²) in [5.74, 6) is -0.894. The summed E-state index contributed by atoms with van der Waals surface area (Å²) in [5, 5.41) is 12.3. The van der Waals surface area contributed by atoms with E-state index in [9.17, 15) is 9.90 Å². The highest BCUT2D eigenvalue weighted by molar-refractivity contribution is 5.80. The molecule has 0 radical (unpaired) electrons. The normalized spacial score (nSPS) is 14.4. The van der Waals surface area contributed by atoms with Gasteiger partial charge in [0.05, 0.1) is 6.61 Å². The molecule has 0 bridgehead atoms. The summed E-state index contributed by atoms with van der Waals surface area (Å²) in [7, 11) is 1.59. The number of carboxylic acids is 1. The van der Waals surface area contributed by atoms with Crippen molar-refractivity contribution in [1.82, 2.24) is 5.32 Å². The highest BCUT2D eigenvalue weighted by Crippen LogP contribution is 2.20. The van der Waals surface area contributed by atoms with Crippen LogP contribution in [0.1, 0.15) is 12.5 Å². The van der Waals surface area contributed by atoms with Crippen molar-refractivity contribution in [3.05, 3.63) is 35.9 Å². The SMILES string of the molecule is COCCNC(C)(C(=O)O)c1ccccc1. The van der Waals surface area contributed by atoms with Crippen LogP contribution in [0, 0.1) is 0 Å². The molecular formula is C12H17NO3. The zero-order valence-electron chi connectivity index (χ0n) is 9.56. The number of hydrogen-bond acceptors (Lipinski definition) is 3. The molecule has 1 aromatic carbocycles. The lowest BCUT2D eigenvalue weighted by molar-refractivity contribution is -0.144. The molecule has 0 aliphatic carbocycles. The van der Waals surface area contributed by atoms with Crippen LogP contribution in [0.3, 0.4) is 0 Å². The molecule has 88 valence electrons. The molecule has 0 aromatic heterocycles. The maximum absolute atomic E-state index is 11.3. The van der Waals surface area contributed by atoms with Gasteiger partial charge in [-0.1, -0.05) is 30.3 Å². The number of benzene rings is 1. The third kappa shape index (κ3) is 2.81. The van der Waals surface area contributed by atoms with Crippen LogP contribution in [0.25, 0.3) is 0 Å². The van der Waals surface area contributed by atoms with Gasteiger partial charge in [-0.05, 0) is 12.5 Å². The molecule has 2 N–H and O–H groups in total. The lowest BCUT2D eigenvalue weighted by atomic mass is 9.92. The summed E-state index contributed by atoms with van der Waals surface area (Å²) >= 11 is 0. The number of carbonyl (C=O) groups is 1. The molecule has 0 amide bonds. The van der Waals surface area contributed by atoms with Crippen LogP contribution in [0.4, 0.5) is 0 Å². The van der Waals surface area contributed by atoms with Gasteiger partial charge in [-0.2, -0.15) is 0 Å². The van der Waals surface area contributed by atoms with Gasteiger partial charge < -0.3 is 9.84 Å². The van der Waals surface area contributed by atoms with Crippen molar-refractivity contribution >= 4 is 5.97 Å². The molecular weight excluding hydrogens is 206 g/mol. The van der Waals surface area contributed by atoms with E-state index in [0.717, 1.165) is 5.56 Å². The molecule has 4 nitrogen and oxygen atoms in total. The molecule has 16 heavy (non-hydrogen) atoms. The van der Waals surface area contributed by atoms with E-state index in [4.69, 9.17) is 4.74 Å². The zero-order chi connectivity index (χ0) is 12.0. The monoisotopic (exact) mass is 223 g/mol. The Labute approximate surface area is 95.2 Å². The molecule has 4 heteroatoms. The predicted molar refractivity (Wildman–Crippen MR) is 61.3 cm³/mol. The largest absolute Gasteiger partial charge is 0.480 e. The van der Waals surface area contributed by atoms with Gasteiger partial charge >= 0.3 is 5.97 Å². The summed E-state index contributed by atoms with van der Waals surface area (Å²) in [6.45, 7) is 2.63. The number of aliphatic carboxylic acids is 1. The molecule has 1 unspecified atom stereocenters. The quantitative estimate of drug-likeness (QED) is 0.712. The molecule has 0 heterocycles. The first-order valence-corrected chi connectivity index (χ1v) is 5.14. The molecule has 0 saturated heterocycles. The van der Waals surface area contributed by atoms with Crippen molar-refractivity contribution in [3.8, 4) is 0 Å². The number of methoxy groups -OCH3 is 1. The third-order valence-corrected chi connectivity index (χ3v) is 2.56. The first kappa shape index (κ1) is 12.7. The van der Waals surface area contributed by atoms with Crippen LogP contribution in [-0.4, -0.2) is 31.3 Å². The number of ether oxygens (including phenoxy) is 1. The van der Waals surface area contributed by atoms with Gasteiger partial charge in [-0.3, -0.25) is 5.32 Å². The highest BCUT2D eigenvalue weighted by atomic mass is 16.5. The van der Waals surface area contributed by atoms with E-state index in [-0.39, 0.29) is 0 Å². The average Bonchev–Trinajstić information content (AvgIpc) is 2.30. The molecule has 1 rings (SSSR count). The molecule has 1 atom stereocenters. The Bertz CT molecular complexity index is 339. The second-order valence-electron chi connectivity index (χ2n) is 3.72. The van der Waals surface area contributed by atoms with Crippen LogP contribution < -0.4 is 5.32 Å². The van der Waals surface area contributed by atoms with E-state index in [1.165, 1.54) is 0 Å². The topological polar surface area (TPSA) is 58.6 Å². The highest BCUT2D eigenvalue weighted by Gasteiger charge is 2.34. The number of rotatable bonds is 6. The van der Waals surface area contributed by atoms with E-state index in [1.807, 2.05) is 18.2 Å². The van der Waals surface area contributed by atoms with E-state index in [2.05, 4.69) is 5.32 Å². The summed E-state index contributed by atoms with van der Waals surface area (Å²) in [6, 6.07) is 9.12. The number of nitrogens with one attached hydrogen (secondary N) is 1. The summed E-state index contributed by atoms with van der Waals surface area (Å²) < 4.78 is 4.90. The van der Waals surface area contributed by atoms with Crippen LogP contribution in [0.15, 0.2) is 30.3 Å². The van der Waals surface area contributed by atoms with E-state index < -0.39 is 11.5 Å². The second kappa shape index (κ2) is 5.63. The lowest BCUT2D eigenvalue weighted by Gasteiger charge is -2.26. The van der Waals surface area contributed by atoms with Crippen molar-refractivity contribution in [2.45, 2.75) is 12.5 Å². The van der Waals surface area contributed by atoms with Crippen molar-refractivity contribution in [2.24, 2.45) is 0 Å². The van der Waals surface area contributed by atoms with Crippen LogP contribution in [-0.2, 0) is 15.1 Å². The third-order valence-electron chi connectivity index (χ3n) is 2.56. The Balaban J connectivity index is 2.85. The van der Waals surface area contributed by atoms with Gasteiger partial charge in [-0.25, -0.2) is 4.79 Å². The maximum Gasteiger partial charge on any atom is 0.328 e. The van der Waals surface area contributed by atoms with E-state index in [0.29, 0.717) is 13.2 Å². The van der Waals surface area contributed by atoms with Crippen molar-refractivity contribution in [1.29, 1.82) is 0 Å². The van der Waals surface area contributed by atoms with Crippen LogP contribution in [0.2, 0.25) is 0 Å². The fourth-order valence-electron chi connectivity index (χ4n) is 1.48. The summed E-state index contributed by atoms with van der Waals surface area (Å²) in [6.07, 6.45) is 0. The molecule has 0 spiro atoms. The summed E-state index contributed by atoms with van der Waals surface area (Å²) in [4.78, 5) is 11.3. The second-order valence-corrected chi connectivity index (χ2v) is 3.72. The van der Waals surface area contributed by atoms with Crippen molar-refractivity contribution in [3.63, 3.8) is 0 Å². The Kier molecular flexibility index (Phi) is 4.46. The minimum absolute atomic E-state index is 0.482. The van der Waals surface area contributed by atoms with Crippen molar-refractivity contribution in [2.75, 3.05) is 20.3 Å². The minimum Gasteiger partial charge on any atom is -0.480 e. The fraction of sp³-hybridized carbons (Fsp3) is 0.417. The maximum atomic E-state index is 11.3. The molecule has 0 aliphatic heterocycles. The molecule has 0 saturated carbocycles. The van der Waals surface area contributed by atoms with Gasteiger partial charge in [0.2, 0.25) is 0 Å². The Hall–Kier alpha value is -1.39. The van der Waals surface area contributed by atoms with E-state index >= 15 is 0 Å². The average molecular weight is 223 g/mol. The predicted octanol–water partition coefficient (Wildman–Crippen LogP) is 1.22. The lowest BCUT2D eigenvalue weighted by Crippen LogP contribution is -2.47. The van der Waals surface area contributed by atoms with Gasteiger partial charge in [0, 0.05) is 13.7 Å². The standard InChI is InChI=1S/C12H17NO3/c1-12(11(14)15,13-8-9-16-2)10-6-4-3-5-7-10/h3-7,13H,8-9H2,1-2H3,(H,14,15). The van der Waals surface area contributed by atoms with Gasteiger partial charge in [-0.15, -0.1) is 0 Å². The number of carboxylic acid groups (broad SMARTS) is 1.